The molecule has 1 N–H and O–H groups in total. The molecule has 1 aromatic heterocycles. The fraction of sp³-hybridized carbons (Fsp3) is 0.200. The van der Waals surface area contributed by atoms with Gasteiger partial charge in [0.1, 0.15) is 11.4 Å². The summed E-state index contributed by atoms with van der Waals surface area (Å²) in [6.45, 7) is 1.93. The number of halogens is 1. The molecule has 0 saturated carbocycles. The molecule has 0 fully saturated rings. The Labute approximate surface area is 126 Å². The van der Waals surface area contributed by atoms with Crippen LogP contribution in [0, 0.1) is 0 Å². The molecule has 0 aliphatic carbocycles. The van der Waals surface area contributed by atoms with E-state index in [4.69, 9.17) is 4.74 Å². The number of nitrogens with one attached hydrogen (secondary N) is 1. The van der Waals surface area contributed by atoms with Crippen molar-refractivity contribution in [2.24, 2.45) is 0 Å². The first-order valence-corrected chi connectivity index (χ1v) is 6.96. The highest BCUT2D eigenvalue weighted by molar-refractivity contribution is 9.10. The number of amides is 1. The minimum absolute atomic E-state index is 0.0939. The van der Waals surface area contributed by atoms with Crippen molar-refractivity contribution in [3.05, 3.63) is 58.3 Å². The maximum absolute atomic E-state index is 12.1. The van der Waals surface area contributed by atoms with Gasteiger partial charge in [-0.25, -0.2) is 0 Å². The van der Waals surface area contributed by atoms with Gasteiger partial charge in [-0.3, -0.25) is 9.78 Å². The summed E-state index contributed by atoms with van der Waals surface area (Å²) in [5, 5.41) is 2.91. The fourth-order valence-electron chi connectivity index (χ4n) is 1.77. The SMILES string of the molecule is COc1ccnc(C(=O)N[C@H](C)c2ccc(Br)cc2)c1. The minimum atomic E-state index is -0.223. The van der Waals surface area contributed by atoms with Crippen molar-refractivity contribution in [3.8, 4) is 5.75 Å². The molecule has 0 spiro atoms. The van der Waals surface area contributed by atoms with Crippen molar-refractivity contribution in [3.63, 3.8) is 0 Å². The number of hydrogen-bond donors (Lipinski definition) is 1. The summed E-state index contributed by atoms with van der Waals surface area (Å²) in [6.07, 6.45) is 1.55. The number of benzene rings is 1. The molecule has 4 nitrogen and oxygen atoms in total. The molecule has 0 saturated heterocycles. The van der Waals surface area contributed by atoms with Crippen LogP contribution in [-0.2, 0) is 0 Å². The van der Waals surface area contributed by atoms with Gasteiger partial charge in [0, 0.05) is 16.7 Å². The van der Waals surface area contributed by atoms with Gasteiger partial charge >= 0.3 is 0 Å². The molecule has 104 valence electrons. The van der Waals surface area contributed by atoms with Crippen LogP contribution in [0.3, 0.4) is 0 Å². The first-order chi connectivity index (χ1) is 9.60. The van der Waals surface area contributed by atoms with Crippen molar-refractivity contribution in [2.75, 3.05) is 7.11 Å². The molecular weight excluding hydrogens is 320 g/mol. The van der Waals surface area contributed by atoms with Crippen molar-refractivity contribution >= 4 is 21.8 Å². The fourth-order valence-corrected chi connectivity index (χ4v) is 2.03. The van der Waals surface area contributed by atoms with Crippen LogP contribution in [0.4, 0.5) is 0 Å². The molecule has 1 heterocycles. The molecule has 1 atom stereocenters. The Balaban J connectivity index is 2.08. The van der Waals surface area contributed by atoms with E-state index in [-0.39, 0.29) is 11.9 Å². The van der Waals surface area contributed by atoms with Crippen molar-refractivity contribution in [1.82, 2.24) is 10.3 Å². The standard InChI is InChI=1S/C15H15BrN2O2/c1-10(11-3-5-12(16)6-4-11)18-15(19)14-9-13(20-2)7-8-17-14/h3-10H,1-2H3,(H,18,19)/t10-/m1/s1. The van der Waals surface area contributed by atoms with Gasteiger partial charge in [-0.1, -0.05) is 28.1 Å². The Morgan fingerprint density at radius 2 is 2.00 bits per heavy atom. The predicted octanol–water partition coefficient (Wildman–Crippen LogP) is 3.34. The summed E-state index contributed by atoms with van der Waals surface area (Å²) in [6, 6.07) is 11.0. The topological polar surface area (TPSA) is 51.2 Å². The number of carbonyl (C=O) groups is 1. The first-order valence-electron chi connectivity index (χ1n) is 6.16. The highest BCUT2D eigenvalue weighted by Crippen LogP contribution is 2.17. The Morgan fingerprint density at radius 3 is 2.65 bits per heavy atom. The number of nitrogens with zero attached hydrogens (tertiary/aromatic N) is 1. The third-order valence-corrected chi connectivity index (χ3v) is 3.45. The Hall–Kier alpha value is -1.88. The number of carbonyl (C=O) groups excluding carboxylic acids is 1. The lowest BCUT2D eigenvalue weighted by Gasteiger charge is -2.14. The van der Waals surface area contributed by atoms with E-state index in [0.29, 0.717) is 11.4 Å². The molecule has 2 rings (SSSR count). The molecule has 20 heavy (non-hydrogen) atoms. The summed E-state index contributed by atoms with van der Waals surface area (Å²) in [7, 11) is 1.56. The number of aromatic nitrogens is 1. The second-order valence-electron chi connectivity index (χ2n) is 4.33. The lowest BCUT2D eigenvalue weighted by molar-refractivity contribution is 0.0934. The van der Waals surface area contributed by atoms with E-state index in [1.54, 1.807) is 25.4 Å². The van der Waals surface area contributed by atoms with Gasteiger partial charge in [-0.05, 0) is 30.7 Å². The van der Waals surface area contributed by atoms with Gasteiger partial charge in [-0.15, -0.1) is 0 Å². The number of pyridine rings is 1. The van der Waals surface area contributed by atoms with E-state index >= 15 is 0 Å². The lowest BCUT2D eigenvalue weighted by Crippen LogP contribution is -2.27. The second kappa shape index (κ2) is 6.52. The van der Waals surface area contributed by atoms with Crippen molar-refractivity contribution in [1.29, 1.82) is 0 Å². The van der Waals surface area contributed by atoms with E-state index in [0.717, 1.165) is 10.0 Å². The predicted molar refractivity (Wildman–Crippen MR) is 80.8 cm³/mol. The Kier molecular flexibility index (Phi) is 4.74. The van der Waals surface area contributed by atoms with Crippen LogP contribution >= 0.6 is 15.9 Å². The van der Waals surface area contributed by atoms with E-state index in [9.17, 15) is 4.79 Å². The lowest BCUT2D eigenvalue weighted by atomic mass is 10.1. The summed E-state index contributed by atoms with van der Waals surface area (Å²) in [5.74, 6) is 0.390. The van der Waals surface area contributed by atoms with Gasteiger partial charge in [0.2, 0.25) is 0 Å². The zero-order chi connectivity index (χ0) is 14.5. The third kappa shape index (κ3) is 3.57. The number of ether oxygens (including phenoxy) is 1. The van der Waals surface area contributed by atoms with Crippen molar-refractivity contribution in [2.45, 2.75) is 13.0 Å². The zero-order valence-corrected chi connectivity index (χ0v) is 12.8. The molecule has 0 unspecified atom stereocenters. The minimum Gasteiger partial charge on any atom is -0.497 e. The summed E-state index contributed by atoms with van der Waals surface area (Å²) >= 11 is 3.39. The number of hydrogen-bond acceptors (Lipinski definition) is 3. The smallest absolute Gasteiger partial charge is 0.270 e. The maximum Gasteiger partial charge on any atom is 0.270 e. The molecule has 0 aliphatic heterocycles. The average Bonchev–Trinajstić information content (AvgIpc) is 2.47. The molecule has 0 bridgehead atoms. The van der Waals surface area contributed by atoms with E-state index in [1.807, 2.05) is 31.2 Å². The van der Waals surface area contributed by atoms with Crippen molar-refractivity contribution < 1.29 is 9.53 Å². The highest BCUT2D eigenvalue weighted by atomic mass is 79.9. The third-order valence-electron chi connectivity index (χ3n) is 2.92. The first kappa shape index (κ1) is 14.5. The molecule has 1 amide bonds. The molecule has 0 radical (unpaired) electrons. The number of methoxy groups -OCH3 is 1. The zero-order valence-electron chi connectivity index (χ0n) is 11.3. The normalized spacial score (nSPS) is 11.8. The van der Waals surface area contributed by atoms with E-state index < -0.39 is 0 Å². The van der Waals surface area contributed by atoms with Crippen LogP contribution in [0.15, 0.2) is 47.1 Å². The van der Waals surface area contributed by atoms with Crippen LogP contribution in [0.5, 0.6) is 5.75 Å². The van der Waals surface area contributed by atoms with E-state index in [1.165, 1.54) is 0 Å². The van der Waals surface area contributed by atoms with Crippen LogP contribution in [-0.4, -0.2) is 18.0 Å². The molecule has 0 aliphatic rings. The van der Waals surface area contributed by atoms with Crippen LogP contribution in [0.25, 0.3) is 0 Å². The summed E-state index contributed by atoms with van der Waals surface area (Å²) in [5.41, 5.74) is 1.37. The summed E-state index contributed by atoms with van der Waals surface area (Å²) < 4.78 is 6.09. The second-order valence-corrected chi connectivity index (χ2v) is 5.24. The number of rotatable bonds is 4. The Morgan fingerprint density at radius 1 is 1.30 bits per heavy atom. The van der Waals surface area contributed by atoms with E-state index in [2.05, 4.69) is 26.2 Å². The van der Waals surface area contributed by atoms with Gasteiger partial charge in [0.05, 0.1) is 13.2 Å². The van der Waals surface area contributed by atoms with Gasteiger partial charge in [-0.2, -0.15) is 0 Å². The summed E-state index contributed by atoms with van der Waals surface area (Å²) in [4.78, 5) is 16.2. The largest absolute Gasteiger partial charge is 0.497 e. The molecule has 1 aromatic carbocycles. The molecule has 2 aromatic rings. The molecular formula is C15H15BrN2O2. The quantitative estimate of drug-likeness (QED) is 0.932. The van der Waals surface area contributed by atoms with Gasteiger partial charge in [0.15, 0.2) is 0 Å². The van der Waals surface area contributed by atoms with Gasteiger partial charge < -0.3 is 10.1 Å². The highest BCUT2D eigenvalue weighted by Gasteiger charge is 2.13. The van der Waals surface area contributed by atoms with Crippen LogP contribution in [0.2, 0.25) is 0 Å². The average molecular weight is 335 g/mol. The Bertz CT molecular complexity index is 599. The molecule has 5 heteroatoms. The monoisotopic (exact) mass is 334 g/mol. The van der Waals surface area contributed by atoms with Crippen LogP contribution in [0.1, 0.15) is 29.0 Å². The van der Waals surface area contributed by atoms with Crippen LogP contribution < -0.4 is 10.1 Å². The maximum atomic E-state index is 12.1. The van der Waals surface area contributed by atoms with Gasteiger partial charge in [0.25, 0.3) is 5.91 Å².